The summed E-state index contributed by atoms with van der Waals surface area (Å²) in [5.41, 5.74) is 2.50. The predicted molar refractivity (Wildman–Crippen MR) is 101 cm³/mol. The molecule has 0 radical (unpaired) electrons. The van der Waals surface area contributed by atoms with E-state index in [1.54, 1.807) is 0 Å². The van der Waals surface area contributed by atoms with Crippen LogP contribution >= 0.6 is 11.6 Å². The molecular formula is C21H26ClNO. The van der Waals surface area contributed by atoms with Gasteiger partial charge in [-0.3, -0.25) is 0 Å². The molecule has 1 aliphatic rings. The van der Waals surface area contributed by atoms with Crippen LogP contribution in [0.2, 0.25) is 5.02 Å². The van der Waals surface area contributed by atoms with Crippen molar-refractivity contribution in [3.63, 3.8) is 0 Å². The molecule has 0 amide bonds. The van der Waals surface area contributed by atoms with E-state index < -0.39 is 0 Å². The van der Waals surface area contributed by atoms with Gasteiger partial charge in [-0.25, -0.2) is 0 Å². The minimum atomic E-state index is 0.0800. The summed E-state index contributed by atoms with van der Waals surface area (Å²) in [6.45, 7) is 2.02. The summed E-state index contributed by atoms with van der Waals surface area (Å²) >= 11 is 6.04. The molecule has 0 spiro atoms. The normalized spacial score (nSPS) is 19.5. The highest BCUT2D eigenvalue weighted by molar-refractivity contribution is 6.30. The predicted octanol–water partition coefficient (Wildman–Crippen LogP) is 5.12. The number of nitrogens with zero attached hydrogens (tertiary/aromatic N) is 1. The van der Waals surface area contributed by atoms with Crippen molar-refractivity contribution in [2.24, 2.45) is 0 Å². The second-order valence-electron chi connectivity index (χ2n) is 6.67. The summed E-state index contributed by atoms with van der Waals surface area (Å²) in [6.07, 6.45) is 4.69. The fraction of sp³-hybridized carbons (Fsp3) is 0.429. The van der Waals surface area contributed by atoms with E-state index in [0.717, 1.165) is 24.5 Å². The maximum Gasteiger partial charge on any atom is 0.0865 e. The molecule has 2 nitrogen and oxygen atoms in total. The Bertz CT molecular complexity index is 613. The Hall–Kier alpha value is -1.35. The van der Waals surface area contributed by atoms with Crippen molar-refractivity contribution in [2.75, 3.05) is 20.2 Å². The third kappa shape index (κ3) is 4.83. The van der Waals surface area contributed by atoms with Crippen molar-refractivity contribution in [1.29, 1.82) is 0 Å². The maximum atomic E-state index is 6.31. The van der Waals surface area contributed by atoms with Gasteiger partial charge in [0.2, 0.25) is 0 Å². The zero-order valence-corrected chi connectivity index (χ0v) is 15.1. The highest BCUT2D eigenvalue weighted by Gasteiger charge is 2.21. The minimum Gasteiger partial charge on any atom is -0.373 e. The zero-order valence-electron chi connectivity index (χ0n) is 14.3. The number of likely N-dealkylation sites (tertiary alicyclic amines) is 1. The lowest BCUT2D eigenvalue weighted by Gasteiger charge is -2.23. The van der Waals surface area contributed by atoms with Crippen molar-refractivity contribution in [3.8, 4) is 0 Å². The number of rotatable bonds is 7. The SMILES string of the molecule is CN1CCC[C@@H]1CCO[C@H](Cc1ccccc1)c1ccc(Cl)cc1. The Morgan fingerprint density at radius 2 is 1.88 bits per heavy atom. The van der Waals surface area contributed by atoms with Crippen LogP contribution in [0.1, 0.15) is 36.5 Å². The van der Waals surface area contributed by atoms with Crippen LogP contribution in [0.5, 0.6) is 0 Å². The lowest BCUT2D eigenvalue weighted by Crippen LogP contribution is -2.26. The molecule has 3 rings (SSSR count). The third-order valence-corrected chi connectivity index (χ3v) is 5.20. The van der Waals surface area contributed by atoms with E-state index in [-0.39, 0.29) is 6.10 Å². The molecule has 1 aliphatic heterocycles. The van der Waals surface area contributed by atoms with Crippen LogP contribution in [0.25, 0.3) is 0 Å². The topological polar surface area (TPSA) is 12.5 Å². The van der Waals surface area contributed by atoms with E-state index in [0.29, 0.717) is 6.04 Å². The number of hydrogen-bond donors (Lipinski definition) is 0. The summed E-state index contributed by atoms with van der Waals surface area (Å²) in [6, 6.07) is 19.3. The number of hydrogen-bond acceptors (Lipinski definition) is 2. The zero-order chi connectivity index (χ0) is 16.8. The average Bonchev–Trinajstić information content (AvgIpc) is 3.01. The van der Waals surface area contributed by atoms with Gasteiger partial charge < -0.3 is 9.64 Å². The summed E-state index contributed by atoms with van der Waals surface area (Å²) < 4.78 is 6.31. The van der Waals surface area contributed by atoms with E-state index in [4.69, 9.17) is 16.3 Å². The minimum absolute atomic E-state index is 0.0800. The van der Waals surface area contributed by atoms with Gasteiger partial charge in [-0.2, -0.15) is 0 Å². The summed E-state index contributed by atoms with van der Waals surface area (Å²) in [7, 11) is 2.22. The van der Waals surface area contributed by atoms with Gasteiger partial charge >= 0.3 is 0 Å². The summed E-state index contributed by atoms with van der Waals surface area (Å²) in [5.74, 6) is 0. The van der Waals surface area contributed by atoms with Gasteiger partial charge in [-0.05, 0) is 56.1 Å². The average molecular weight is 344 g/mol. The largest absolute Gasteiger partial charge is 0.373 e. The van der Waals surface area contributed by atoms with Crippen LogP contribution in [0.15, 0.2) is 54.6 Å². The van der Waals surface area contributed by atoms with E-state index in [2.05, 4.69) is 54.4 Å². The molecule has 2 aromatic carbocycles. The number of benzene rings is 2. The molecule has 1 saturated heterocycles. The van der Waals surface area contributed by atoms with Crippen LogP contribution in [0.4, 0.5) is 0 Å². The summed E-state index contributed by atoms with van der Waals surface area (Å²) in [5, 5.41) is 0.768. The van der Waals surface area contributed by atoms with E-state index in [9.17, 15) is 0 Å². The summed E-state index contributed by atoms with van der Waals surface area (Å²) in [4.78, 5) is 2.46. The van der Waals surface area contributed by atoms with Gasteiger partial charge in [-0.15, -0.1) is 0 Å². The van der Waals surface area contributed by atoms with Gasteiger partial charge in [0.05, 0.1) is 6.10 Å². The molecule has 0 N–H and O–H groups in total. The fourth-order valence-electron chi connectivity index (χ4n) is 3.47. The Kier molecular flexibility index (Phi) is 6.30. The van der Waals surface area contributed by atoms with Gasteiger partial charge in [0.1, 0.15) is 0 Å². The van der Waals surface area contributed by atoms with Crippen molar-refractivity contribution in [1.82, 2.24) is 4.90 Å². The number of ether oxygens (including phenoxy) is 1. The smallest absolute Gasteiger partial charge is 0.0865 e. The first-order valence-corrected chi connectivity index (χ1v) is 9.21. The number of halogens is 1. The van der Waals surface area contributed by atoms with Crippen molar-refractivity contribution in [2.45, 2.75) is 37.8 Å². The van der Waals surface area contributed by atoms with Gasteiger partial charge in [-0.1, -0.05) is 54.1 Å². The molecule has 24 heavy (non-hydrogen) atoms. The standard InChI is InChI=1S/C21H26ClNO/c1-23-14-5-8-20(23)13-15-24-21(16-17-6-3-2-4-7-17)18-9-11-19(22)12-10-18/h2-4,6-7,9-12,20-21H,5,8,13-16H2,1H3/t20-,21-/m1/s1. The molecule has 2 atom stereocenters. The molecule has 0 aliphatic carbocycles. The van der Waals surface area contributed by atoms with Crippen molar-refractivity contribution in [3.05, 3.63) is 70.7 Å². The molecule has 3 heteroatoms. The van der Waals surface area contributed by atoms with Crippen molar-refractivity contribution >= 4 is 11.6 Å². The molecular weight excluding hydrogens is 318 g/mol. The first-order valence-electron chi connectivity index (χ1n) is 8.83. The lowest BCUT2D eigenvalue weighted by atomic mass is 10.0. The molecule has 0 aromatic heterocycles. The Labute approximate surface area is 150 Å². The maximum absolute atomic E-state index is 6.31. The Morgan fingerprint density at radius 3 is 2.54 bits per heavy atom. The van der Waals surface area contributed by atoms with Gasteiger partial charge in [0.25, 0.3) is 0 Å². The van der Waals surface area contributed by atoms with E-state index in [1.165, 1.54) is 30.5 Å². The van der Waals surface area contributed by atoms with Crippen molar-refractivity contribution < 1.29 is 4.74 Å². The Morgan fingerprint density at radius 1 is 1.12 bits per heavy atom. The highest BCUT2D eigenvalue weighted by atomic mass is 35.5. The molecule has 1 heterocycles. The quantitative estimate of drug-likeness (QED) is 0.691. The molecule has 0 saturated carbocycles. The van der Waals surface area contributed by atoms with Crippen LogP contribution in [0.3, 0.4) is 0 Å². The fourth-order valence-corrected chi connectivity index (χ4v) is 3.59. The first-order chi connectivity index (χ1) is 11.7. The molecule has 1 fully saturated rings. The molecule has 0 bridgehead atoms. The lowest BCUT2D eigenvalue weighted by molar-refractivity contribution is 0.0415. The molecule has 128 valence electrons. The first kappa shape index (κ1) is 17.5. The Balaban J connectivity index is 1.63. The van der Waals surface area contributed by atoms with Crippen LogP contribution in [0, 0.1) is 0 Å². The van der Waals surface area contributed by atoms with E-state index in [1.807, 2.05) is 12.1 Å². The van der Waals surface area contributed by atoms with Crippen LogP contribution in [-0.2, 0) is 11.2 Å². The van der Waals surface area contributed by atoms with Crippen LogP contribution in [-0.4, -0.2) is 31.1 Å². The third-order valence-electron chi connectivity index (χ3n) is 4.95. The second kappa shape index (κ2) is 8.66. The highest BCUT2D eigenvalue weighted by Crippen LogP contribution is 2.25. The van der Waals surface area contributed by atoms with Gasteiger partial charge in [0, 0.05) is 24.1 Å². The second-order valence-corrected chi connectivity index (χ2v) is 7.10. The molecule has 2 aromatic rings. The van der Waals surface area contributed by atoms with E-state index >= 15 is 0 Å². The van der Waals surface area contributed by atoms with Crippen LogP contribution < -0.4 is 0 Å². The van der Waals surface area contributed by atoms with Gasteiger partial charge in [0.15, 0.2) is 0 Å². The monoisotopic (exact) mass is 343 g/mol. The molecule has 0 unspecified atom stereocenters.